The highest BCUT2D eigenvalue weighted by Crippen LogP contribution is 2.59. The number of nitrogens with zero attached hydrogens (tertiary/aromatic N) is 1. The molecule has 1 unspecified atom stereocenters. The highest BCUT2D eigenvalue weighted by Gasteiger charge is 2.59. The number of amides is 1. The molecule has 146 valence electrons. The number of carbonyl (C=O) groups excluding carboxylic acids is 1. The molecule has 4 rings (SSSR count). The minimum atomic E-state index is -0.686. The summed E-state index contributed by atoms with van der Waals surface area (Å²) in [5.74, 6) is 0.0439. The first-order valence-corrected chi connectivity index (χ1v) is 9.75. The molecule has 2 aliphatic heterocycles. The van der Waals surface area contributed by atoms with E-state index in [1.54, 1.807) is 7.11 Å². The second-order valence-electron chi connectivity index (χ2n) is 8.17. The number of carboxylic acid groups (broad SMARTS) is 1. The third-order valence-corrected chi connectivity index (χ3v) is 6.93. The summed E-state index contributed by atoms with van der Waals surface area (Å²) in [6.07, 6.45) is 3.72. The zero-order chi connectivity index (χ0) is 19.1. The van der Waals surface area contributed by atoms with Gasteiger partial charge in [-0.05, 0) is 55.2 Å². The van der Waals surface area contributed by atoms with E-state index in [1.807, 2.05) is 29.2 Å². The van der Waals surface area contributed by atoms with Gasteiger partial charge < -0.3 is 19.5 Å². The monoisotopic (exact) mass is 373 g/mol. The lowest BCUT2D eigenvalue weighted by Crippen LogP contribution is -2.52. The van der Waals surface area contributed by atoms with Gasteiger partial charge in [-0.1, -0.05) is 12.1 Å². The Morgan fingerprint density at radius 3 is 2.26 bits per heavy atom. The predicted octanol–water partition coefficient (Wildman–Crippen LogP) is 2.46. The number of hydrogen-bond acceptors (Lipinski definition) is 4. The predicted molar refractivity (Wildman–Crippen MR) is 98.7 cm³/mol. The number of rotatable bonds is 4. The highest BCUT2D eigenvalue weighted by molar-refractivity contribution is 5.88. The molecule has 0 bridgehead atoms. The zero-order valence-corrected chi connectivity index (χ0v) is 15.8. The van der Waals surface area contributed by atoms with Crippen molar-refractivity contribution < 1.29 is 24.2 Å². The number of carbonyl (C=O) groups is 2. The van der Waals surface area contributed by atoms with Gasteiger partial charge in [0, 0.05) is 26.3 Å². The number of methoxy groups -OCH3 is 1. The molecule has 1 aromatic carbocycles. The van der Waals surface area contributed by atoms with Crippen LogP contribution >= 0.6 is 0 Å². The molecule has 1 aliphatic carbocycles. The molecule has 27 heavy (non-hydrogen) atoms. The summed E-state index contributed by atoms with van der Waals surface area (Å²) in [5.41, 5.74) is 0.405. The number of carboxylic acids is 1. The number of aliphatic carboxylic acids is 1. The first-order chi connectivity index (χ1) is 13.0. The molecule has 3 aliphatic rings. The first-order valence-electron chi connectivity index (χ1n) is 9.75. The smallest absolute Gasteiger partial charge is 0.307 e. The van der Waals surface area contributed by atoms with Crippen LogP contribution in [0.5, 0.6) is 5.75 Å². The summed E-state index contributed by atoms with van der Waals surface area (Å²) < 4.78 is 10.8. The van der Waals surface area contributed by atoms with Crippen LogP contribution in [0.3, 0.4) is 0 Å². The molecule has 3 fully saturated rings. The molecule has 1 aromatic rings. The third-order valence-electron chi connectivity index (χ3n) is 6.93. The number of hydrogen-bond donors (Lipinski definition) is 1. The van der Waals surface area contributed by atoms with E-state index in [2.05, 4.69) is 0 Å². The average molecular weight is 373 g/mol. The Kier molecular flexibility index (Phi) is 4.62. The van der Waals surface area contributed by atoms with Gasteiger partial charge in [-0.25, -0.2) is 0 Å². The molecule has 0 aromatic heterocycles. The largest absolute Gasteiger partial charge is 0.497 e. The molecule has 1 spiro atoms. The highest BCUT2D eigenvalue weighted by atomic mass is 16.5. The van der Waals surface area contributed by atoms with Crippen molar-refractivity contribution in [2.45, 2.75) is 37.5 Å². The third kappa shape index (κ3) is 3.10. The van der Waals surface area contributed by atoms with E-state index >= 15 is 0 Å². The Labute approximate surface area is 159 Å². The van der Waals surface area contributed by atoms with Gasteiger partial charge in [0.2, 0.25) is 5.91 Å². The Morgan fingerprint density at radius 2 is 1.74 bits per heavy atom. The molecule has 1 amide bonds. The van der Waals surface area contributed by atoms with E-state index in [0.29, 0.717) is 39.1 Å². The van der Waals surface area contributed by atoms with Crippen LogP contribution in [0.2, 0.25) is 0 Å². The maximum Gasteiger partial charge on any atom is 0.307 e. The van der Waals surface area contributed by atoms with Crippen molar-refractivity contribution in [1.29, 1.82) is 0 Å². The molecule has 1 N–H and O–H groups in total. The molecule has 2 saturated heterocycles. The normalized spacial score (nSPS) is 25.8. The van der Waals surface area contributed by atoms with Crippen molar-refractivity contribution in [3.05, 3.63) is 29.8 Å². The Balaban J connectivity index is 1.52. The van der Waals surface area contributed by atoms with Crippen molar-refractivity contribution >= 4 is 11.9 Å². The van der Waals surface area contributed by atoms with E-state index in [1.165, 1.54) is 0 Å². The van der Waals surface area contributed by atoms with Crippen LogP contribution in [-0.2, 0) is 19.7 Å². The molecule has 1 saturated carbocycles. The van der Waals surface area contributed by atoms with Gasteiger partial charge >= 0.3 is 5.97 Å². The maximum absolute atomic E-state index is 13.6. The number of ether oxygens (including phenoxy) is 2. The van der Waals surface area contributed by atoms with Crippen LogP contribution in [-0.4, -0.2) is 55.3 Å². The zero-order valence-electron chi connectivity index (χ0n) is 15.8. The second-order valence-corrected chi connectivity index (χ2v) is 8.17. The Hall–Kier alpha value is -2.08. The summed E-state index contributed by atoms with van der Waals surface area (Å²) in [7, 11) is 1.64. The summed E-state index contributed by atoms with van der Waals surface area (Å²) in [6.45, 7) is 2.47. The van der Waals surface area contributed by atoms with Crippen LogP contribution in [0.15, 0.2) is 24.3 Å². The summed E-state index contributed by atoms with van der Waals surface area (Å²) in [4.78, 5) is 26.8. The van der Waals surface area contributed by atoms with Crippen molar-refractivity contribution in [1.82, 2.24) is 4.90 Å². The van der Waals surface area contributed by atoms with Crippen molar-refractivity contribution in [3.63, 3.8) is 0 Å². The first kappa shape index (κ1) is 18.3. The fourth-order valence-electron chi connectivity index (χ4n) is 4.96. The fourth-order valence-corrected chi connectivity index (χ4v) is 4.96. The van der Waals surface area contributed by atoms with Gasteiger partial charge in [0.05, 0.1) is 18.4 Å². The minimum absolute atomic E-state index is 0.0639. The van der Waals surface area contributed by atoms with Gasteiger partial charge in [0.25, 0.3) is 0 Å². The van der Waals surface area contributed by atoms with Crippen molar-refractivity contribution in [2.75, 3.05) is 33.4 Å². The molecule has 1 atom stereocenters. The lowest BCUT2D eigenvalue weighted by molar-refractivity contribution is -0.143. The SMILES string of the molecule is COc1ccc(C2(C(=O)N3CCC4(CC3)CC4C(=O)O)CCOCC2)cc1. The summed E-state index contributed by atoms with van der Waals surface area (Å²) in [5, 5.41) is 9.28. The summed E-state index contributed by atoms with van der Waals surface area (Å²) in [6, 6.07) is 7.81. The lowest BCUT2D eigenvalue weighted by Gasteiger charge is -2.42. The van der Waals surface area contributed by atoms with E-state index in [-0.39, 0.29) is 17.2 Å². The van der Waals surface area contributed by atoms with Gasteiger partial charge in [0.1, 0.15) is 5.75 Å². The van der Waals surface area contributed by atoms with Gasteiger partial charge in [-0.3, -0.25) is 9.59 Å². The van der Waals surface area contributed by atoms with Crippen LogP contribution in [0.4, 0.5) is 0 Å². The topological polar surface area (TPSA) is 76.1 Å². The Bertz CT molecular complexity index is 715. The number of likely N-dealkylation sites (tertiary alicyclic amines) is 1. The molecule has 6 heteroatoms. The van der Waals surface area contributed by atoms with Crippen LogP contribution in [0, 0.1) is 11.3 Å². The van der Waals surface area contributed by atoms with E-state index in [9.17, 15) is 14.7 Å². The second kappa shape index (κ2) is 6.82. The fraction of sp³-hybridized carbons (Fsp3) is 0.619. The number of benzene rings is 1. The van der Waals surface area contributed by atoms with Crippen LogP contribution < -0.4 is 4.74 Å². The molecule has 2 heterocycles. The quantitative estimate of drug-likeness (QED) is 0.877. The van der Waals surface area contributed by atoms with Gasteiger partial charge in [-0.15, -0.1) is 0 Å². The van der Waals surface area contributed by atoms with Gasteiger partial charge in [-0.2, -0.15) is 0 Å². The van der Waals surface area contributed by atoms with E-state index < -0.39 is 11.4 Å². The standard InChI is InChI=1S/C21H27NO5/c1-26-16-4-2-15(3-5-16)21(8-12-27-13-9-21)19(25)22-10-6-20(7-11-22)14-17(20)18(23)24/h2-5,17H,6-14H2,1H3,(H,23,24). The molecular weight excluding hydrogens is 346 g/mol. The number of piperidine rings is 1. The molecule has 6 nitrogen and oxygen atoms in total. The van der Waals surface area contributed by atoms with Crippen molar-refractivity contribution in [3.8, 4) is 5.75 Å². The van der Waals surface area contributed by atoms with E-state index in [4.69, 9.17) is 9.47 Å². The van der Waals surface area contributed by atoms with E-state index in [0.717, 1.165) is 30.6 Å². The molecule has 0 radical (unpaired) electrons. The van der Waals surface area contributed by atoms with Gasteiger partial charge in [0.15, 0.2) is 0 Å². The molecular formula is C21H27NO5. The van der Waals surface area contributed by atoms with Crippen LogP contribution in [0.25, 0.3) is 0 Å². The minimum Gasteiger partial charge on any atom is -0.497 e. The maximum atomic E-state index is 13.6. The lowest BCUT2D eigenvalue weighted by atomic mass is 9.72. The average Bonchev–Trinajstić information content (AvgIpc) is 3.42. The van der Waals surface area contributed by atoms with Crippen molar-refractivity contribution in [2.24, 2.45) is 11.3 Å². The Morgan fingerprint density at radius 1 is 1.11 bits per heavy atom. The summed E-state index contributed by atoms with van der Waals surface area (Å²) >= 11 is 0. The van der Waals surface area contributed by atoms with Crippen LogP contribution in [0.1, 0.15) is 37.7 Å².